The molecular formula is C13H9FN4. The Bertz CT molecular complexity index is 713. The van der Waals surface area contributed by atoms with Crippen LogP contribution in [0.5, 0.6) is 0 Å². The number of hydrogen-bond donors (Lipinski definition) is 1. The average molecular weight is 240 g/mol. The van der Waals surface area contributed by atoms with Gasteiger partial charge in [0.15, 0.2) is 0 Å². The number of nitrogens with zero attached hydrogens (tertiary/aromatic N) is 3. The Labute approximate surface area is 102 Å². The molecule has 0 amide bonds. The highest BCUT2D eigenvalue weighted by molar-refractivity contribution is 5.93. The van der Waals surface area contributed by atoms with Crippen LogP contribution in [-0.4, -0.2) is 15.0 Å². The van der Waals surface area contributed by atoms with E-state index < -0.39 is 5.82 Å². The number of para-hydroxylation sites is 1. The van der Waals surface area contributed by atoms with Gasteiger partial charge in [-0.25, -0.2) is 14.4 Å². The Morgan fingerprint density at radius 1 is 1.06 bits per heavy atom. The Hall–Kier alpha value is -2.56. The molecule has 2 aromatic heterocycles. The predicted octanol–water partition coefficient (Wildman–Crippen LogP) is 2.41. The first-order valence-electron chi connectivity index (χ1n) is 5.38. The maximum atomic E-state index is 13.7. The van der Waals surface area contributed by atoms with Gasteiger partial charge in [-0.3, -0.25) is 4.98 Å². The largest absolute Gasteiger partial charge is 0.368 e. The number of halogens is 1. The first kappa shape index (κ1) is 10.6. The van der Waals surface area contributed by atoms with Gasteiger partial charge in [-0.15, -0.1) is 0 Å². The van der Waals surface area contributed by atoms with Crippen molar-refractivity contribution in [3.8, 4) is 11.3 Å². The van der Waals surface area contributed by atoms with Crippen LogP contribution in [-0.2, 0) is 0 Å². The summed E-state index contributed by atoms with van der Waals surface area (Å²) < 4.78 is 13.7. The monoisotopic (exact) mass is 240 g/mol. The quantitative estimate of drug-likeness (QED) is 0.709. The van der Waals surface area contributed by atoms with E-state index in [1.807, 2.05) is 6.07 Å². The molecule has 0 saturated carbocycles. The molecule has 0 aliphatic heterocycles. The van der Waals surface area contributed by atoms with Crippen molar-refractivity contribution in [1.82, 2.24) is 15.0 Å². The lowest BCUT2D eigenvalue weighted by Crippen LogP contribution is -1.99. The zero-order valence-electron chi connectivity index (χ0n) is 9.34. The summed E-state index contributed by atoms with van der Waals surface area (Å²) in [5.41, 5.74) is 7.22. The summed E-state index contributed by atoms with van der Waals surface area (Å²) in [4.78, 5) is 12.1. The minimum absolute atomic E-state index is 0.0476. The number of benzene rings is 1. The molecule has 0 atom stereocenters. The third-order valence-electron chi connectivity index (χ3n) is 2.63. The van der Waals surface area contributed by atoms with Crippen LogP contribution in [0.15, 0.2) is 42.7 Å². The van der Waals surface area contributed by atoms with Crippen LogP contribution in [0.2, 0.25) is 0 Å². The van der Waals surface area contributed by atoms with Crippen molar-refractivity contribution in [2.45, 2.75) is 0 Å². The molecule has 3 rings (SSSR count). The summed E-state index contributed by atoms with van der Waals surface area (Å²) in [6.45, 7) is 0. The molecule has 88 valence electrons. The SMILES string of the molecule is Nc1nc(-c2cccnc2)c2cccc(F)c2n1. The smallest absolute Gasteiger partial charge is 0.221 e. The van der Waals surface area contributed by atoms with Crippen LogP contribution >= 0.6 is 0 Å². The summed E-state index contributed by atoms with van der Waals surface area (Å²) >= 11 is 0. The summed E-state index contributed by atoms with van der Waals surface area (Å²) in [5, 5.41) is 0.622. The van der Waals surface area contributed by atoms with Crippen LogP contribution in [0.25, 0.3) is 22.2 Å². The third-order valence-corrected chi connectivity index (χ3v) is 2.63. The number of nitrogens with two attached hydrogens (primary N) is 1. The van der Waals surface area contributed by atoms with E-state index in [-0.39, 0.29) is 11.5 Å². The zero-order valence-corrected chi connectivity index (χ0v) is 9.34. The number of rotatable bonds is 1. The summed E-state index contributed by atoms with van der Waals surface area (Å²) in [6, 6.07) is 8.37. The van der Waals surface area contributed by atoms with Crippen LogP contribution in [0.3, 0.4) is 0 Å². The number of hydrogen-bond acceptors (Lipinski definition) is 4. The molecule has 0 bridgehead atoms. The molecule has 2 heterocycles. The van der Waals surface area contributed by atoms with E-state index in [0.717, 1.165) is 5.56 Å². The minimum atomic E-state index is -0.410. The van der Waals surface area contributed by atoms with Crippen LogP contribution < -0.4 is 5.73 Å². The van der Waals surface area contributed by atoms with Gasteiger partial charge in [-0.2, -0.15) is 0 Å². The van der Waals surface area contributed by atoms with Crippen molar-refractivity contribution in [2.24, 2.45) is 0 Å². The lowest BCUT2D eigenvalue weighted by Gasteiger charge is -2.06. The standard InChI is InChI=1S/C13H9FN4/c14-10-5-1-4-9-11(8-3-2-6-16-7-8)17-13(15)18-12(9)10/h1-7H,(H2,15,17,18). The fourth-order valence-corrected chi connectivity index (χ4v) is 1.86. The van der Waals surface area contributed by atoms with Crippen molar-refractivity contribution in [2.75, 3.05) is 5.73 Å². The fraction of sp³-hybridized carbons (Fsp3) is 0. The van der Waals surface area contributed by atoms with Crippen molar-refractivity contribution in [3.05, 3.63) is 48.5 Å². The van der Waals surface area contributed by atoms with Crippen molar-refractivity contribution >= 4 is 16.9 Å². The van der Waals surface area contributed by atoms with Crippen LogP contribution in [0, 0.1) is 5.82 Å². The van der Waals surface area contributed by atoms with Gasteiger partial charge >= 0.3 is 0 Å². The van der Waals surface area contributed by atoms with Crippen molar-refractivity contribution in [3.63, 3.8) is 0 Å². The molecule has 0 spiro atoms. The molecule has 0 radical (unpaired) electrons. The molecule has 0 unspecified atom stereocenters. The summed E-state index contributed by atoms with van der Waals surface area (Å²) in [5.74, 6) is -0.363. The average Bonchev–Trinajstić information content (AvgIpc) is 2.40. The highest BCUT2D eigenvalue weighted by Gasteiger charge is 2.11. The van der Waals surface area contributed by atoms with Gasteiger partial charge in [-0.1, -0.05) is 12.1 Å². The molecule has 0 saturated heterocycles. The first-order valence-corrected chi connectivity index (χ1v) is 5.38. The number of aromatic nitrogens is 3. The topological polar surface area (TPSA) is 64.7 Å². The molecular weight excluding hydrogens is 231 g/mol. The van der Waals surface area contributed by atoms with Gasteiger partial charge in [0.1, 0.15) is 11.3 Å². The number of fused-ring (bicyclic) bond motifs is 1. The number of anilines is 1. The van der Waals surface area contributed by atoms with E-state index in [4.69, 9.17) is 5.73 Å². The predicted molar refractivity (Wildman–Crippen MR) is 67.1 cm³/mol. The molecule has 1 aromatic carbocycles. The van der Waals surface area contributed by atoms with Gasteiger partial charge in [0.2, 0.25) is 5.95 Å². The highest BCUT2D eigenvalue weighted by Crippen LogP contribution is 2.27. The Kier molecular flexibility index (Phi) is 2.37. The van der Waals surface area contributed by atoms with E-state index in [2.05, 4.69) is 15.0 Å². The molecule has 0 aliphatic carbocycles. The summed E-state index contributed by atoms with van der Waals surface area (Å²) in [7, 11) is 0. The maximum absolute atomic E-state index is 13.7. The molecule has 5 heteroatoms. The Morgan fingerprint density at radius 2 is 1.94 bits per heavy atom. The van der Waals surface area contributed by atoms with E-state index in [1.165, 1.54) is 6.07 Å². The van der Waals surface area contributed by atoms with Crippen molar-refractivity contribution in [1.29, 1.82) is 0 Å². The van der Waals surface area contributed by atoms with Gasteiger partial charge in [0.05, 0.1) is 5.69 Å². The minimum Gasteiger partial charge on any atom is -0.368 e. The Balaban J connectivity index is 2.39. The van der Waals surface area contributed by atoms with E-state index in [0.29, 0.717) is 11.1 Å². The van der Waals surface area contributed by atoms with Gasteiger partial charge in [-0.05, 0) is 18.2 Å². The van der Waals surface area contributed by atoms with Gasteiger partial charge in [0, 0.05) is 23.3 Å². The second-order valence-corrected chi connectivity index (χ2v) is 3.81. The normalized spacial score (nSPS) is 10.7. The second kappa shape index (κ2) is 4.03. The zero-order chi connectivity index (χ0) is 12.5. The van der Waals surface area contributed by atoms with Gasteiger partial charge < -0.3 is 5.73 Å². The van der Waals surface area contributed by atoms with Crippen LogP contribution in [0.1, 0.15) is 0 Å². The van der Waals surface area contributed by atoms with Crippen molar-refractivity contribution < 1.29 is 4.39 Å². The first-order chi connectivity index (χ1) is 8.75. The summed E-state index contributed by atoms with van der Waals surface area (Å²) in [6.07, 6.45) is 3.32. The second-order valence-electron chi connectivity index (χ2n) is 3.81. The third kappa shape index (κ3) is 1.66. The molecule has 0 fully saturated rings. The molecule has 3 aromatic rings. The highest BCUT2D eigenvalue weighted by atomic mass is 19.1. The van der Waals surface area contributed by atoms with Gasteiger partial charge in [0.25, 0.3) is 0 Å². The molecule has 2 N–H and O–H groups in total. The van der Waals surface area contributed by atoms with Crippen LogP contribution in [0.4, 0.5) is 10.3 Å². The van der Waals surface area contributed by atoms with E-state index >= 15 is 0 Å². The lowest BCUT2D eigenvalue weighted by molar-refractivity contribution is 0.636. The lowest BCUT2D eigenvalue weighted by atomic mass is 10.1. The fourth-order valence-electron chi connectivity index (χ4n) is 1.86. The molecule has 4 nitrogen and oxygen atoms in total. The number of nitrogen functional groups attached to an aromatic ring is 1. The number of pyridine rings is 1. The van der Waals surface area contributed by atoms with E-state index in [1.54, 1.807) is 30.6 Å². The molecule has 0 aliphatic rings. The maximum Gasteiger partial charge on any atom is 0.221 e. The van der Waals surface area contributed by atoms with E-state index in [9.17, 15) is 4.39 Å². The molecule has 18 heavy (non-hydrogen) atoms. The Morgan fingerprint density at radius 3 is 2.72 bits per heavy atom.